The second-order valence-corrected chi connectivity index (χ2v) is 7.09. The number of fused-ring (bicyclic) bond motifs is 3. The van der Waals surface area contributed by atoms with Crippen LogP contribution in [0, 0.1) is 17.5 Å². The third kappa shape index (κ3) is 3.29. The van der Waals surface area contributed by atoms with Crippen LogP contribution in [0.2, 0.25) is 0 Å². The summed E-state index contributed by atoms with van der Waals surface area (Å²) >= 11 is 0. The Hall–Kier alpha value is -4.40. The van der Waals surface area contributed by atoms with E-state index in [0.29, 0.717) is 27.5 Å². The van der Waals surface area contributed by atoms with E-state index >= 15 is 0 Å². The Morgan fingerprint density at radius 3 is 2.44 bits per heavy atom. The van der Waals surface area contributed by atoms with E-state index in [4.69, 9.17) is 0 Å². The van der Waals surface area contributed by atoms with E-state index in [9.17, 15) is 22.8 Å². The van der Waals surface area contributed by atoms with Crippen molar-refractivity contribution in [1.82, 2.24) is 14.8 Å². The largest absolute Gasteiger partial charge is 0.322 e. The summed E-state index contributed by atoms with van der Waals surface area (Å²) in [5, 5.41) is 6.30. The van der Waals surface area contributed by atoms with Gasteiger partial charge < -0.3 is 5.32 Å². The van der Waals surface area contributed by atoms with Gasteiger partial charge in [0.25, 0.3) is 11.5 Å². The first-order valence-corrected chi connectivity index (χ1v) is 9.46. The fraction of sp³-hybridized carbons (Fsp3) is 0. The van der Waals surface area contributed by atoms with Gasteiger partial charge in [-0.15, -0.1) is 0 Å². The number of benzene rings is 3. The van der Waals surface area contributed by atoms with Crippen LogP contribution in [0.3, 0.4) is 0 Å². The second kappa shape index (κ2) is 7.38. The number of hydrogen-bond donors (Lipinski definition) is 2. The molecule has 0 saturated heterocycles. The Labute approximate surface area is 177 Å². The van der Waals surface area contributed by atoms with Crippen molar-refractivity contribution in [1.29, 1.82) is 0 Å². The minimum atomic E-state index is -1.08. The first-order chi connectivity index (χ1) is 15.4. The molecule has 0 saturated carbocycles. The number of pyridine rings is 1. The van der Waals surface area contributed by atoms with Crippen molar-refractivity contribution in [3.63, 3.8) is 0 Å². The SMILES string of the molecule is O=C(Nc1ccc(F)c(F)c1)c1ccc2ncc3c(=O)n(-c4ccc(F)cc4)[nH]c3c2c1. The van der Waals surface area contributed by atoms with Crippen molar-refractivity contribution in [3.05, 3.63) is 100 Å². The molecule has 0 spiro atoms. The van der Waals surface area contributed by atoms with E-state index < -0.39 is 23.4 Å². The Kier molecular flexibility index (Phi) is 4.51. The molecule has 2 heterocycles. The first kappa shape index (κ1) is 19.6. The van der Waals surface area contributed by atoms with Gasteiger partial charge in [-0.05, 0) is 54.6 Å². The minimum Gasteiger partial charge on any atom is -0.322 e. The number of carbonyl (C=O) groups excluding carboxylic acids is 1. The molecule has 0 fully saturated rings. The summed E-state index contributed by atoms with van der Waals surface area (Å²) in [5.74, 6) is -3.07. The molecular formula is C23H13F3N4O2. The zero-order valence-corrected chi connectivity index (χ0v) is 16.2. The number of H-pyrrole nitrogens is 1. The highest BCUT2D eigenvalue weighted by Gasteiger charge is 2.15. The third-order valence-electron chi connectivity index (χ3n) is 5.05. The molecule has 158 valence electrons. The highest BCUT2D eigenvalue weighted by Crippen LogP contribution is 2.23. The van der Waals surface area contributed by atoms with Crippen molar-refractivity contribution in [2.24, 2.45) is 0 Å². The molecule has 1 amide bonds. The maximum atomic E-state index is 13.4. The summed E-state index contributed by atoms with van der Waals surface area (Å²) < 4.78 is 41.1. The van der Waals surface area contributed by atoms with E-state index in [1.54, 1.807) is 12.1 Å². The number of carbonyl (C=O) groups is 1. The summed E-state index contributed by atoms with van der Waals surface area (Å²) in [7, 11) is 0. The molecule has 0 unspecified atom stereocenters. The van der Waals surface area contributed by atoms with Crippen LogP contribution in [0.4, 0.5) is 18.9 Å². The molecule has 2 aromatic heterocycles. The van der Waals surface area contributed by atoms with Gasteiger partial charge in [-0.2, -0.15) is 0 Å². The van der Waals surface area contributed by atoms with Gasteiger partial charge in [-0.1, -0.05) is 0 Å². The number of amides is 1. The molecule has 32 heavy (non-hydrogen) atoms. The minimum absolute atomic E-state index is 0.0983. The summed E-state index contributed by atoms with van der Waals surface area (Å²) in [5.41, 5.74) is 1.37. The van der Waals surface area contributed by atoms with Crippen molar-refractivity contribution in [2.75, 3.05) is 5.32 Å². The van der Waals surface area contributed by atoms with Crippen LogP contribution in [-0.2, 0) is 0 Å². The monoisotopic (exact) mass is 434 g/mol. The molecule has 2 N–H and O–H groups in total. The van der Waals surface area contributed by atoms with E-state index in [2.05, 4.69) is 15.4 Å². The molecule has 9 heteroatoms. The van der Waals surface area contributed by atoms with Gasteiger partial charge in [0.1, 0.15) is 5.82 Å². The van der Waals surface area contributed by atoms with Crippen LogP contribution in [0.1, 0.15) is 10.4 Å². The van der Waals surface area contributed by atoms with Crippen LogP contribution >= 0.6 is 0 Å². The van der Waals surface area contributed by atoms with E-state index in [1.807, 2.05) is 0 Å². The maximum absolute atomic E-state index is 13.4. The van der Waals surface area contributed by atoms with Crippen LogP contribution < -0.4 is 10.9 Å². The lowest BCUT2D eigenvalue weighted by Crippen LogP contribution is -2.14. The van der Waals surface area contributed by atoms with E-state index in [0.717, 1.165) is 12.1 Å². The maximum Gasteiger partial charge on any atom is 0.280 e. The van der Waals surface area contributed by atoms with Gasteiger partial charge in [0.05, 0.1) is 22.1 Å². The molecule has 5 rings (SSSR count). The number of rotatable bonds is 3. The van der Waals surface area contributed by atoms with Crippen molar-refractivity contribution >= 4 is 33.4 Å². The quantitative estimate of drug-likeness (QED) is 0.438. The summed E-state index contributed by atoms with van der Waals surface area (Å²) in [6, 6.07) is 13.1. The van der Waals surface area contributed by atoms with Gasteiger partial charge in [0, 0.05) is 28.9 Å². The average molecular weight is 434 g/mol. The molecule has 0 aliphatic rings. The van der Waals surface area contributed by atoms with Crippen LogP contribution in [0.25, 0.3) is 27.5 Å². The van der Waals surface area contributed by atoms with Gasteiger partial charge in [0.15, 0.2) is 11.6 Å². The Morgan fingerprint density at radius 1 is 0.906 bits per heavy atom. The highest BCUT2D eigenvalue weighted by molar-refractivity contribution is 6.10. The van der Waals surface area contributed by atoms with E-state index in [1.165, 1.54) is 47.3 Å². The van der Waals surface area contributed by atoms with Gasteiger partial charge in [-0.3, -0.25) is 19.7 Å². The van der Waals surface area contributed by atoms with Crippen molar-refractivity contribution < 1.29 is 18.0 Å². The lowest BCUT2D eigenvalue weighted by Gasteiger charge is -2.07. The number of halogens is 3. The Morgan fingerprint density at radius 2 is 1.69 bits per heavy atom. The fourth-order valence-electron chi connectivity index (χ4n) is 3.45. The number of anilines is 1. The van der Waals surface area contributed by atoms with Gasteiger partial charge >= 0.3 is 0 Å². The number of aromatic nitrogens is 3. The third-order valence-corrected chi connectivity index (χ3v) is 5.05. The summed E-state index contributed by atoms with van der Waals surface area (Å²) in [4.78, 5) is 29.8. The summed E-state index contributed by atoms with van der Waals surface area (Å²) in [6.07, 6.45) is 1.43. The molecule has 0 bridgehead atoms. The molecule has 0 radical (unpaired) electrons. The first-order valence-electron chi connectivity index (χ1n) is 9.46. The predicted molar refractivity (Wildman–Crippen MR) is 113 cm³/mol. The lowest BCUT2D eigenvalue weighted by molar-refractivity contribution is 0.102. The van der Waals surface area contributed by atoms with E-state index in [-0.39, 0.29) is 16.8 Å². The lowest BCUT2D eigenvalue weighted by atomic mass is 10.1. The van der Waals surface area contributed by atoms with Crippen LogP contribution in [0.15, 0.2) is 71.7 Å². The molecule has 0 aliphatic heterocycles. The molecule has 5 aromatic rings. The standard InChI is InChI=1S/C23H13F3N4O2/c24-13-2-5-15(6-3-13)30-23(32)17-11-27-20-8-1-12(9-16(20)21(17)29-30)22(31)28-14-4-7-18(25)19(26)10-14/h1-11,29H,(H,28,31). The molecule has 0 atom stereocenters. The van der Waals surface area contributed by atoms with Crippen molar-refractivity contribution in [3.8, 4) is 5.69 Å². The average Bonchev–Trinajstić information content (AvgIpc) is 3.13. The second-order valence-electron chi connectivity index (χ2n) is 7.09. The number of nitrogens with one attached hydrogen (secondary N) is 2. The number of aromatic amines is 1. The smallest absolute Gasteiger partial charge is 0.280 e. The van der Waals surface area contributed by atoms with Gasteiger partial charge in [0.2, 0.25) is 0 Å². The van der Waals surface area contributed by atoms with Crippen LogP contribution in [-0.4, -0.2) is 20.7 Å². The topological polar surface area (TPSA) is 79.8 Å². The zero-order valence-electron chi connectivity index (χ0n) is 16.2. The van der Waals surface area contributed by atoms with Crippen molar-refractivity contribution in [2.45, 2.75) is 0 Å². The number of nitrogens with zero attached hydrogens (tertiary/aromatic N) is 2. The summed E-state index contributed by atoms with van der Waals surface area (Å²) in [6.45, 7) is 0. The molecule has 3 aromatic carbocycles. The Bertz CT molecular complexity index is 1570. The zero-order chi connectivity index (χ0) is 22.4. The van der Waals surface area contributed by atoms with Crippen LogP contribution in [0.5, 0.6) is 0 Å². The fourth-order valence-corrected chi connectivity index (χ4v) is 3.45. The molecular weight excluding hydrogens is 421 g/mol. The Balaban J connectivity index is 1.59. The number of hydrogen-bond acceptors (Lipinski definition) is 3. The molecule has 0 aliphatic carbocycles. The highest BCUT2D eigenvalue weighted by atomic mass is 19.2. The van der Waals surface area contributed by atoms with Gasteiger partial charge in [-0.25, -0.2) is 17.9 Å². The molecule has 6 nitrogen and oxygen atoms in total. The normalized spacial score (nSPS) is 11.2. The predicted octanol–water partition coefficient (Wildman–Crippen LogP) is 4.54.